The zero-order chi connectivity index (χ0) is 15.2. The van der Waals surface area contributed by atoms with E-state index in [9.17, 15) is 4.79 Å². The van der Waals surface area contributed by atoms with Crippen LogP contribution in [-0.2, 0) is 4.74 Å². The number of esters is 1. The fraction of sp³-hybridized carbons (Fsp3) is 0.200. The van der Waals surface area contributed by atoms with E-state index in [1.165, 1.54) is 12.3 Å². The van der Waals surface area contributed by atoms with Crippen LogP contribution < -0.4 is 15.2 Å². The maximum Gasteiger partial charge on any atom is 0.340 e. The number of ether oxygens (including phenoxy) is 3. The number of carbonyl (C=O) groups excluding carboxylic acids is 1. The van der Waals surface area contributed by atoms with Gasteiger partial charge in [0, 0.05) is 12.1 Å². The van der Waals surface area contributed by atoms with Gasteiger partial charge in [0.2, 0.25) is 5.88 Å². The Morgan fingerprint density at radius 3 is 2.76 bits per heavy atom. The lowest BCUT2D eigenvalue weighted by molar-refractivity contribution is 0.0527. The summed E-state index contributed by atoms with van der Waals surface area (Å²) in [5.74, 6) is 0.948. The Labute approximate surface area is 122 Å². The summed E-state index contributed by atoms with van der Waals surface area (Å²) in [5, 5.41) is 0. The number of aromatic nitrogens is 1. The molecule has 0 unspecified atom stereocenters. The van der Waals surface area contributed by atoms with E-state index in [4.69, 9.17) is 19.9 Å². The number of hydrogen-bond donors (Lipinski definition) is 1. The molecule has 2 rings (SSSR count). The van der Waals surface area contributed by atoms with E-state index < -0.39 is 5.97 Å². The van der Waals surface area contributed by atoms with Gasteiger partial charge < -0.3 is 19.9 Å². The molecule has 0 bridgehead atoms. The van der Waals surface area contributed by atoms with Crippen LogP contribution in [0.15, 0.2) is 36.5 Å². The van der Waals surface area contributed by atoms with Gasteiger partial charge >= 0.3 is 5.97 Å². The minimum Gasteiger partial charge on any atom is -0.497 e. The van der Waals surface area contributed by atoms with Crippen LogP contribution in [0.4, 0.5) is 5.69 Å². The molecule has 1 aromatic heterocycles. The van der Waals surface area contributed by atoms with E-state index in [1.807, 2.05) is 0 Å². The van der Waals surface area contributed by atoms with Crippen molar-refractivity contribution in [3.05, 3.63) is 42.1 Å². The maximum atomic E-state index is 11.8. The van der Waals surface area contributed by atoms with Gasteiger partial charge in [0.25, 0.3) is 0 Å². The molecule has 0 atom stereocenters. The van der Waals surface area contributed by atoms with Crippen molar-refractivity contribution in [2.75, 3.05) is 19.5 Å². The van der Waals surface area contributed by atoms with Crippen LogP contribution in [0.5, 0.6) is 17.4 Å². The van der Waals surface area contributed by atoms with Crippen molar-refractivity contribution in [3.63, 3.8) is 0 Å². The molecule has 0 amide bonds. The molecule has 2 N–H and O–H groups in total. The van der Waals surface area contributed by atoms with Crippen molar-refractivity contribution >= 4 is 11.7 Å². The second kappa shape index (κ2) is 6.60. The summed E-state index contributed by atoms with van der Waals surface area (Å²) in [6.45, 7) is 2.00. The Bertz CT molecular complexity index is 643. The van der Waals surface area contributed by atoms with E-state index in [-0.39, 0.29) is 23.7 Å². The van der Waals surface area contributed by atoms with Crippen LogP contribution >= 0.6 is 0 Å². The van der Waals surface area contributed by atoms with Crippen molar-refractivity contribution in [1.82, 2.24) is 4.98 Å². The zero-order valence-electron chi connectivity index (χ0n) is 11.8. The molecule has 2 aromatic rings. The summed E-state index contributed by atoms with van der Waals surface area (Å²) in [5.41, 5.74) is 6.19. The lowest BCUT2D eigenvalue weighted by atomic mass is 10.2. The fourth-order valence-electron chi connectivity index (χ4n) is 1.67. The predicted molar refractivity (Wildman–Crippen MR) is 77.7 cm³/mol. The number of carbonyl (C=O) groups is 1. The molecule has 6 heteroatoms. The topological polar surface area (TPSA) is 83.7 Å². The minimum absolute atomic E-state index is 0.227. The molecule has 0 saturated carbocycles. The van der Waals surface area contributed by atoms with Gasteiger partial charge in [-0.25, -0.2) is 9.78 Å². The third-order valence-corrected chi connectivity index (χ3v) is 2.67. The van der Waals surface area contributed by atoms with E-state index in [2.05, 4.69) is 4.98 Å². The minimum atomic E-state index is -0.507. The molecule has 110 valence electrons. The summed E-state index contributed by atoms with van der Waals surface area (Å²) in [6.07, 6.45) is 1.36. The first-order valence-corrected chi connectivity index (χ1v) is 6.38. The van der Waals surface area contributed by atoms with Gasteiger partial charge in [0.1, 0.15) is 11.5 Å². The summed E-state index contributed by atoms with van der Waals surface area (Å²) in [7, 11) is 1.57. The molecular weight excluding hydrogens is 272 g/mol. The molecule has 0 aliphatic heterocycles. The van der Waals surface area contributed by atoms with Crippen molar-refractivity contribution in [3.8, 4) is 17.4 Å². The summed E-state index contributed by atoms with van der Waals surface area (Å²) >= 11 is 0. The molecular formula is C15H16N2O4. The van der Waals surface area contributed by atoms with Gasteiger partial charge in [-0.3, -0.25) is 0 Å². The highest BCUT2D eigenvalue weighted by molar-refractivity contribution is 5.95. The average molecular weight is 288 g/mol. The Kier molecular flexibility index (Phi) is 4.61. The number of pyridine rings is 1. The van der Waals surface area contributed by atoms with Gasteiger partial charge in [-0.1, -0.05) is 6.07 Å². The molecule has 0 radical (unpaired) electrons. The van der Waals surface area contributed by atoms with E-state index in [1.54, 1.807) is 38.3 Å². The van der Waals surface area contributed by atoms with Crippen LogP contribution in [0.2, 0.25) is 0 Å². The number of nitrogens with two attached hydrogens (primary N) is 1. The Hall–Kier alpha value is -2.76. The molecule has 1 heterocycles. The lowest BCUT2D eigenvalue weighted by Crippen LogP contribution is -2.08. The lowest BCUT2D eigenvalue weighted by Gasteiger charge is -2.09. The molecule has 0 saturated heterocycles. The van der Waals surface area contributed by atoms with E-state index >= 15 is 0 Å². The first-order valence-electron chi connectivity index (χ1n) is 6.38. The predicted octanol–water partition coefficient (Wildman–Crippen LogP) is 2.64. The summed E-state index contributed by atoms with van der Waals surface area (Å²) in [4.78, 5) is 15.8. The van der Waals surface area contributed by atoms with E-state index in [0.717, 1.165) is 0 Å². The number of benzene rings is 1. The highest BCUT2D eigenvalue weighted by Crippen LogP contribution is 2.25. The van der Waals surface area contributed by atoms with Crippen molar-refractivity contribution in [2.24, 2.45) is 0 Å². The average Bonchev–Trinajstić information content (AvgIpc) is 2.49. The highest BCUT2D eigenvalue weighted by atomic mass is 16.5. The van der Waals surface area contributed by atoms with Gasteiger partial charge in [0.05, 0.1) is 31.2 Å². The zero-order valence-corrected chi connectivity index (χ0v) is 11.8. The summed E-state index contributed by atoms with van der Waals surface area (Å²) < 4.78 is 15.6. The normalized spacial score (nSPS) is 10.0. The van der Waals surface area contributed by atoms with E-state index in [0.29, 0.717) is 11.5 Å². The number of nitrogens with zero attached hydrogens (tertiary/aromatic N) is 1. The second-order valence-electron chi connectivity index (χ2n) is 4.11. The highest BCUT2D eigenvalue weighted by Gasteiger charge is 2.13. The Balaban J connectivity index is 2.24. The standard InChI is InChI=1S/C15H16N2O4/c1-3-20-15(18)12-8-14(17-9-13(12)16)21-11-6-4-5-10(7-11)19-2/h4-9H,3,16H2,1-2H3. The quantitative estimate of drug-likeness (QED) is 0.851. The number of rotatable bonds is 5. The van der Waals surface area contributed by atoms with Crippen molar-refractivity contribution in [2.45, 2.75) is 6.92 Å². The van der Waals surface area contributed by atoms with Crippen LogP contribution in [0.25, 0.3) is 0 Å². The molecule has 21 heavy (non-hydrogen) atoms. The molecule has 0 fully saturated rings. The third kappa shape index (κ3) is 3.62. The van der Waals surface area contributed by atoms with Gasteiger partial charge in [0.15, 0.2) is 0 Å². The van der Waals surface area contributed by atoms with Crippen LogP contribution in [0, 0.1) is 0 Å². The Morgan fingerprint density at radius 1 is 1.29 bits per heavy atom. The van der Waals surface area contributed by atoms with Crippen LogP contribution in [0.1, 0.15) is 17.3 Å². The van der Waals surface area contributed by atoms with Gasteiger partial charge in [-0.15, -0.1) is 0 Å². The first-order chi connectivity index (χ1) is 10.1. The fourth-order valence-corrected chi connectivity index (χ4v) is 1.67. The van der Waals surface area contributed by atoms with Gasteiger partial charge in [-0.05, 0) is 19.1 Å². The third-order valence-electron chi connectivity index (χ3n) is 2.67. The number of nitrogen functional groups attached to an aromatic ring is 1. The second-order valence-corrected chi connectivity index (χ2v) is 4.11. The molecule has 0 aliphatic rings. The van der Waals surface area contributed by atoms with Crippen molar-refractivity contribution < 1.29 is 19.0 Å². The molecule has 1 aromatic carbocycles. The Morgan fingerprint density at radius 2 is 2.05 bits per heavy atom. The van der Waals surface area contributed by atoms with Crippen LogP contribution in [0.3, 0.4) is 0 Å². The largest absolute Gasteiger partial charge is 0.497 e. The maximum absolute atomic E-state index is 11.8. The van der Waals surface area contributed by atoms with Crippen LogP contribution in [-0.4, -0.2) is 24.7 Å². The molecule has 6 nitrogen and oxygen atoms in total. The smallest absolute Gasteiger partial charge is 0.340 e. The van der Waals surface area contributed by atoms with Gasteiger partial charge in [-0.2, -0.15) is 0 Å². The van der Waals surface area contributed by atoms with Crippen molar-refractivity contribution in [1.29, 1.82) is 0 Å². The SMILES string of the molecule is CCOC(=O)c1cc(Oc2cccc(OC)c2)ncc1N. The molecule has 0 aliphatic carbocycles. The number of methoxy groups -OCH3 is 1. The number of hydrogen-bond acceptors (Lipinski definition) is 6. The summed E-state index contributed by atoms with van der Waals surface area (Å²) in [6, 6.07) is 8.50. The monoisotopic (exact) mass is 288 g/mol. The molecule has 0 spiro atoms. The first kappa shape index (κ1) is 14.6. The number of anilines is 1.